The van der Waals surface area contributed by atoms with E-state index < -0.39 is 11.5 Å². The average molecular weight is 457 g/mol. The Morgan fingerprint density at radius 2 is 1.79 bits per heavy atom. The predicted octanol–water partition coefficient (Wildman–Crippen LogP) is 5.30. The molecule has 2 aromatic carbocycles. The third-order valence-corrected chi connectivity index (χ3v) is 7.22. The average Bonchev–Trinajstić information content (AvgIpc) is 3.19. The van der Waals surface area contributed by atoms with Gasteiger partial charge in [0.1, 0.15) is 0 Å². The van der Waals surface area contributed by atoms with Crippen LogP contribution in [0.15, 0.2) is 60.8 Å². The Balaban J connectivity index is 1.47. The van der Waals surface area contributed by atoms with Crippen LogP contribution >= 0.6 is 0 Å². The van der Waals surface area contributed by atoms with Gasteiger partial charge in [-0.1, -0.05) is 48.5 Å². The van der Waals surface area contributed by atoms with E-state index >= 15 is 0 Å². The SMILES string of the molecule is CC(C)n1cc2c3c(cccc31)C1=C[C@@H](C(=O)OC(C)(C)C(=O)c3ccccc3)CN(C)[C@@H]1C2. The number of benzene rings is 2. The number of aromatic nitrogens is 1. The molecule has 0 saturated carbocycles. The molecule has 5 heteroatoms. The summed E-state index contributed by atoms with van der Waals surface area (Å²) in [6.07, 6.45) is 5.30. The van der Waals surface area contributed by atoms with Crippen LogP contribution in [0, 0.1) is 5.92 Å². The summed E-state index contributed by atoms with van der Waals surface area (Å²) in [7, 11) is 2.07. The minimum Gasteiger partial charge on any atom is -0.451 e. The maximum atomic E-state index is 13.3. The lowest BCUT2D eigenvalue weighted by Crippen LogP contribution is -2.46. The van der Waals surface area contributed by atoms with Crippen LogP contribution in [0.5, 0.6) is 0 Å². The number of esters is 1. The Bertz CT molecular complexity index is 1300. The van der Waals surface area contributed by atoms with Crippen molar-refractivity contribution in [1.82, 2.24) is 9.47 Å². The van der Waals surface area contributed by atoms with E-state index in [9.17, 15) is 9.59 Å². The second kappa shape index (κ2) is 8.24. The van der Waals surface area contributed by atoms with Gasteiger partial charge in [0.2, 0.25) is 5.78 Å². The highest BCUT2D eigenvalue weighted by Crippen LogP contribution is 2.42. The summed E-state index contributed by atoms with van der Waals surface area (Å²) in [6, 6.07) is 16.1. The number of carbonyl (C=O) groups excluding carboxylic acids is 2. The highest BCUT2D eigenvalue weighted by atomic mass is 16.6. The van der Waals surface area contributed by atoms with Gasteiger partial charge in [0.25, 0.3) is 0 Å². The molecule has 0 unspecified atom stereocenters. The highest BCUT2D eigenvalue weighted by Gasteiger charge is 2.39. The summed E-state index contributed by atoms with van der Waals surface area (Å²) in [5.74, 6) is -0.980. The molecule has 5 rings (SSSR count). The fourth-order valence-electron chi connectivity index (χ4n) is 5.47. The molecule has 0 N–H and O–H groups in total. The summed E-state index contributed by atoms with van der Waals surface area (Å²) >= 11 is 0. The molecule has 0 saturated heterocycles. The quantitative estimate of drug-likeness (QED) is 0.386. The van der Waals surface area contributed by atoms with E-state index in [2.05, 4.69) is 60.8 Å². The number of fused-ring (bicyclic) bond motifs is 2. The maximum absolute atomic E-state index is 13.3. The van der Waals surface area contributed by atoms with E-state index in [-0.39, 0.29) is 17.8 Å². The lowest BCUT2D eigenvalue weighted by molar-refractivity contribution is -0.156. The van der Waals surface area contributed by atoms with Crippen LogP contribution in [0.25, 0.3) is 16.5 Å². The van der Waals surface area contributed by atoms with Crippen LogP contribution in [0.3, 0.4) is 0 Å². The van der Waals surface area contributed by atoms with Crippen LogP contribution in [0.1, 0.15) is 55.2 Å². The molecule has 0 fully saturated rings. The first kappa shape index (κ1) is 22.6. The number of likely N-dealkylation sites (N-methyl/N-ethyl adjacent to an activating group) is 1. The van der Waals surface area contributed by atoms with Gasteiger partial charge in [-0.15, -0.1) is 0 Å². The summed E-state index contributed by atoms with van der Waals surface area (Å²) < 4.78 is 8.18. The van der Waals surface area contributed by atoms with E-state index in [1.165, 1.54) is 27.6 Å². The van der Waals surface area contributed by atoms with Gasteiger partial charge in [-0.25, -0.2) is 0 Å². The van der Waals surface area contributed by atoms with Crippen molar-refractivity contribution in [2.75, 3.05) is 13.6 Å². The Labute approximate surface area is 201 Å². The summed E-state index contributed by atoms with van der Waals surface area (Å²) in [4.78, 5) is 28.5. The molecule has 0 spiro atoms. The minimum absolute atomic E-state index is 0.196. The van der Waals surface area contributed by atoms with Crippen molar-refractivity contribution in [3.05, 3.63) is 77.5 Å². The van der Waals surface area contributed by atoms with Gasteiger partial charge in [0.15, 0.2) is 5.60 Å². The third-order valence-electron chi connectivity index (χ3n) is 7.22. The predicted molar refractivity (Wildman–Crippen MR) is 135 cm³/mol. The fourth-order valence-corrected chi connectivity index (χ4v) is 5.47. The molecule has 3 aromatic rings. The van der Waals surface area contributed by atoms with Gasteiger partial charge in [0, 0.05) is 41.3 Å². The summed E-state index contributed by atoms with van der Waals surface area (Å²) in [5, 5.41) is 1.29. The van der Waals surface area contributed by atoms with Gasteiger partial charge < -0.3 is 9.30 Å². The van der Waals surface area contributed by atoms with Crippen LogP contribution in [0.4, 0.5) is 0 Å². The number of Topliss-reactive ketones (excluding diaryl/α,β-unsaturated/α-hetero) is 1. The van der Waals surface area contributed by atoms with Crippen molar-refractivity contribution in [2.24, 2.45) is 5.92 Å². The van der Waals surface area contributed by atoms with Crippen molar-refractivity contribution in [1.29, 1.82) is 0 Å². The van der Waals surface area contributed by atoms with Crippen LogP contribution in [-0.4, -0.2) is 46.5 Å². The largest absolute Gasteiger partial charge is 0.451 e. The first-order valence-electron chi connectivity index (χ1n) is 12.0. The molecule has 2 aliphatic rings. The molecule has 176 valence electrons. The van der Waals surface area contributed by atoms with Crippen molar-refractivity contribution >= 4 is 28.2 Å². The van der Waals surface area contributed by atoms with Crippen molar-refractivity contribution in [3.63, 3.8) is 0 Å². The molecule has 2 atom stereocenters. The third kappa shape index (κ3) is 3.68. The molecular formula is C29H32N2O3. The van der Waals surface area contributed by atoms with E-state index in [0.717, 1.165) is 6.42 Å². The van der Waals surface area contributed by atoms with Gasteiger partial charge in [0.05, 0.1) is 5.92 Å². The van der Waals surface area contributed by atoms with Crippen molar-refractivity contribution in [3.8, 4) is 0 Å². The molecular weight excluding hydrogens is 424 g/mol. The van der Waals surface area contributed by atoms with E-state index in [1.807, 2.05) is 18.2 Å². The van der Waals surface area contributed by atoms with Crippen LogP contribution in [-0.2, 0) is 16.0 Å². The standard InChI is InChI=1S/C29H32N2O3/c1-18(2)31-17-20-15-25-23(22-12-9-13-24(31)26(20)22)14-21(16-30(25)5)28(33)34-29(3,4)27(32)19-10-7-6-8-11-19/h6-14,17-18,21,25H,15-16H2,1-5H3/t21-,25-/m1/s1. The van der Waals surface area contributed by atoms with E-state index in [1.54, 1.807) is 26.0 Å². The second-order valence-corrected chi connectivity index (χ2v) is 10.4. The first-order valence-corrected chi connectivity index (χ1v) is 12.0. The van der Waals surface area contributed by atoms with Gasteiger partial charge in [-0.2, -0.15) is 0 Å². The zero-order valence-electron chi connectivity index (χ0n) is 20.5. The van der Waals surface area contributed by atoms with E-state index in [0.29, 0.717) is 18.2 Å². The minimum atomic E-state index is -1.24. The molecule has 1 aromatic heterocycles. The molecule has 0 radical (unpaired) electrons. The molecule has 5 nitrogen and oxygen atoms in total. The lowest BCUT2D eigenvalue weighted by Gasteiger charge is -2.39. The number of rotatable bonds is 5. The number of carbonyl (C=O) groups is 2. The van der Waals surface area contributed by atoms with Gasteiger partial charge in [-0.3, -0.25) is 14.5 Å². The summed E-state index contributed by atoms with van der Waals surface area (Å²) in [6.45, 7) is 8.32. The van der Waals surface area contributed by atoms with Crippen molar-refractivity contribution < 1.29 is 14.3 Å². The maximum Gasteiger partial charge on any atom is 0.315 e. The topological polar surface area (TPSA) is 51.5 Å². The van der Waals surface area contributed by atoms with Crippen LogP contribution < -0.4 is 0 Å². The highest BCUT2D eigenvalue weighted by molar-refractivity contribution is 6.03. The zero-order chi connectivity index (χ0) is 24.2. The first-order chi connectivity index (χ1) is 16.2. The molecule has 0 bridgehead atoms. The Morgan fingerprint density at radius 3 is 2.50 bits per heavy atom. The Morgan fingerprint density at radius 1 is 1.06 bits per heavy atom. The number of ether oxygens (including phenoxy) is 1. The molecule has 34 heavy (non-hydrogen) atoms. The lowest BCUT2D eigenvalue weighted by atomic mass is 9.80. The molecule has 1 aliphatic heterocycles. The number of hydrogen-bond acceptors (Lipinski definition) is 4. The fraction of sp³-hybridized carbons (Fsp3) is 0.379. The normalized spacial score (nSPS) is 20.2. The monoisotopic (exact) mass is 456 g/mol. The smallest absolute Gasteiger partial charge is 0.315 e. The van der Waals surface area contributed by atoms with Gasteiger partial charge >= 0.3 is 5.97 Å². The van der Waals surface area contributed by atoms with Crippen molar-refractivity contribution in [2.45, 2.75) is 51.8 Å². The number of ketones is 1. The molecule has 1 aliphatic carbocycles. The van der Waals surface area contributed by atoms with Gasteiger partial charge in [-0.05, 0) is 63.9 Å². The Kier molecular flexibility index (Phi) is 5.48. The van der Waals surface area contributed by atoms with Crippen LogP contribution in [0.2, 0.25) is 0 Å². The molecule has 2 heterocycles. The summed E-state index contributed by atoms with van der Waals surface area (Å²) in [5.41, 5.74) is 4.30. The number of hydrogen-bond donors (Lipinski definition) is 0. The Hall–Kier alpha value is -3.18. The van der Waals surface area contributed by atoms with E-state index in [4.69, 9.17) is 4.74 Å². The second-order valence-electron chi connectivity index (χ2n) is 10.4. The number of nitrogens with zero attached hydrogens (tertiary/aromatic N) is 2. The molecule has 0 amide bonds. The zero-order valence-corrected chi connectivity index (χ0v) is 20.5.